The second kappa shape index (κ2) is 4.01. The molecule has 0 aromatic heterocycles. The average molecular weight is 203 g/mol. The quantitative estimate of drug-likeness (QED) is 0.595. The molecule has 0 saturated carbocycles. The molecule has 1 fully saturated rings. The lowest BCUT2D eigenvalue weighted by molar-refractivity contribution is 0.0282. The summed E-state index contributed by atoms with van der Waals surface area (Å²) in [6, 6.07) is 0. The lowest BCUT2D eigenvalue weighted by Gasteiger charge is -2.27. The van der Waals surface area contributed by atoms with Crippen LogP contribution in [0.15, 0.2) is 0 Å². The largest absolute Gasteiger partial charge is 0.374 e. The molecule has 1 aliphatic heterocycles. The number of alkyl halides is 3. The van der Waals surface area contributed by atoms with Crippen LogP contribution in [0.5, 0.6) is 0 Å². The summed E-state index contributed by atoms with van der Waals surface area (Å²) >= 11 is 17.1. The Bertz CT molecular complexity index is 107. The molecule has 2 atom stereocenters. The fourth-order valence-corrected chi connectivity index (χ4v) is 2.02. The fourth-order valence-electron chi connectivity index (χ4n) is 0.997. The maximum Gasteiger partial charge on any atom is 0.135 e. The standard InChI is InChI=1S/C6H9Cl3O/c7-4-2-1-3-10-5(4)6(8)9/h4-6H,1-3H2/t4-,5+/m1/s1. The predicted octanol–water partition coefficient (Wildman–Crippen LogP) is 2.58. The van der Waals surface area contributed by atoms with E-state index in [-0.39, 0.29) is 11.5 Å². The molecule has 0 aromatic carbocycles. The Balaban J connectivity index is 2.40. The summed E-state index contributed by atoms with van der Waals surface area (Å²) in [5.41, 5.74) is 0. The SMILES string of the molecule is ClC(Cl)[C@H]1OCCC[C@H]1Cl. The summed E-state index contributed by atoms with van der Waals surface area (Å²) < 4.78 is 5.26. The Kier molecular flexibility index (Phi) is 3.58. The molecule has 0 aliphatic carbocycles. The zero-order valence-electron chi connectivity index (χ0n) is 5.40. The van der Waals surface area contributed by atoms with Gasteiger partial charge >= 0.3 is 0 Å². The van der Waals surface area contributed by atoms with Crippen LogP contribution in [0, 0.1) is 0 Å². The van der Waals surface area contributed by atoms with Crippen molar-refractivity contribution in [3.05, 3.63) is 0 Å². The first kappa shape index (κ1) is 8.92. The van der Waals surface area contributed by atoms with Gasteiger partial charge < -0.3 is 4.74 Å². The Labute approximate surface area is 75.6 Å². The van der Waals surface area contributed by atoms with Gasteiger partial charge in [0.05, 0.1) is 5.38 Å². The molecule has 1 nitrogen and oxygen atoms in total. The van der Waals surface area contributed by atoms with E-state index in [9.17, 15) is 0 Å². The maximum atomic E-state index is 5.88. The number of ether oxygens (including phenoxy) is 1. The molecule has 1 saturated heterocycles. The molecule has 0 aromatic rings. The van der Waals surface area contributed by atoms with Crippen molar-refractivity contribution >= 4 is 34.8 Å². The van der Waals surface area contributed by atoms with Gasteiger partial charge in [0.25, 0.3) is 0 Å². The highest BCUT2D eigenvalue weighted by Gasteiger charge is 2.28. The number of halogens is 3. The normalized spacial score (nSPS) is 34.8. The van der Waals surface area contributed by atoms with E-state index >= 15 is 0 Å². The zero-order chi connectivity index (χ0) is 7.56. The first-order valence-corrected chi connectivity index (χ1v) is 4.56. The summed E-state index contributed by atoms with van der Waals surface area (Å²) in [6.07, 6.45) is 1.77. The lowest BCUT2D eigenvalue weighted by atomic mass is 10.1. The Morgan fingerprint density at radius 1 is 1.40 bits per heavy atom. The minimum absolute atomic E-state index is 0.0197. The molecule has 0 N–H and O–H groups in total. The van der Waals surface area contributed by atoms with Crippen molar-refractivity contribution in [1.82, 2.24) is 0 Å². The van der Waals surface area contributed by atoms with Gasteiger partial charge in [0.1, 0.15) is 10.9 Å². The minimum Gasteiger partial charge on any atom is -0.374 e. The van der Waals surface area contributed by atoms with Crippen LogP contribution in [0.2, 0.25) is 0 Å². The third-order valence-corrected chi connectivity index (χ3v) is 2.50. The van der Waals surface area contributed by atoms with E-state index in [2.05, 4.69) is 0 Å². The van der Waals surface area contributed by atoms with Gasteiger partial charge in [0.15, 0.2) is 0 Å². The molecule has 10 heavy (non-hydrogen) atoms. The number of rotatable bonds is 1. The second-order valence-electron chi connectivity index (χ2n) is 2.33. The van der Waals surface area contributed by atoms with Crippen LogP contribution in [-0.4, -0.2) is 22.9 Å². The van der Waals surface area contributed by atoms with E-state index in [1.54, 1.807) is 0 Å². The van der Waals surface area contributed by atoms with E-state index in [0.29, 0.717) is 0 Å². The molecule has 0 amide bonds. The van der Waals surface area contributed by atoms with Crippen LogP contribution in [0.1, 0.15) is 12.8 Å². The van der Waals surface area contributed by atoms with Gasteiger partial charge in [-0.1, -0.05) is 0 Å². The summed E-state index contributed by atoms with van der Waals surface area (Å²) in [7, 11) is 0. The van der Waals surface area contributed by atoms with Crippen LogP contribution in [-0.2, 0) is 4.74 Å². The van der Waals surface area contributed by atoms with Crippen LogP contribution < -0.4 is 0 Å². The molecule has 0 bridgehead atoms. The summed E-state index contributed by atoms with van der Waals surface area (Å²) in [5.74, 6) is 0. The highest BCUT2D eigenvalue weighted by molar-refractivity contribution is 6.45. The smallest absolute Gasteiger partial charge is 0.135 e. The minimum atomic E-state index is -0.497. The maximum absolute atomic E-state index is 5.88. The van der Waals surface area contributed by atoms with Gasteiger partial charge in [-0.15, -0.1) is 34.8 Å². The zero-order valence-corrected chi connectivity index (χ0v) is 7.66. The van der Waals surface area contributed by atoms with Gasteiger partial charge in [-0.3, -0.25) is 0 Å². The average Bonchev–Trinajstić information content (AvgIpc) is 1.88. The summed E-state index contributed by atoms with van der Waals surface area (Å²) in [5, 5.41) is -0.0197. The Hall–Kier alpha value is 0.830. The van der Waals surface area contributed by atoms with Gasteiger partial charge in [-0.05, 0) is 12.8 Å². The van der Waals surface area contributed by atoms with Crippen LogP contribution in [0.4, 0.5) is 0 Å². The van der Waals surface area contributed by atoms with Crippen molar-refractivity contribution in [2.24, 2.45) is 0 Å². The lowest BCUT2D eigenvalue weighted by Crippen LogP contribution is -2.35. The molecule has 1 rings (SSSR count). The molecular formula is C6H9Cl3O. The third-order valence-electron chi connectivity index (χ3n) is 1.54. The van der Waals surface area contributed by atoms with Crippen LogP contribution in [0.3, 0.4) is 0 Å². The molecule has 1 aliphatic rings. The first-order valence-electron chi connectivity index (χ1n) is 3.25. The van der Waals surface area contributed by atoms with Crippen LogP contribution >= 0.6 is 34.8 Å². The van der Waals surface area contributed by atoms with Crippen molar-refractivity contribution in [2.45, 2.75) is 29.2 Å². The molecule has 1 heterocycles. The molecule has 0 unspecified atom stereocenters. The van der Waals surface area contributed by atoms with Crippen LogP contribution in [0.25, 0.3) is 0 Å². The molecule has 0 radical (unpaired) electrons. The van der Waals surface area contributed by atoms with E-state index in [1.807, 2.05) is 0 Å². The Morgan fingerprint density at radius 2 is 2.10 bits per heavy atom. The summed E-state index contributed by atoms with van der Waals surface area (Å²) in [4.78, 5) is -0.497. The monoisotopic (exact) mass is 202 g/mol. The van der Waals surface area contributed by atoms with Gasteiger partial charge in [0, 0.05) is 6.61 Å². The van der Waals surface area contributed by atoms with E-state index in [1.165, 1.54) is 0 Å². The highest BCUT2D eigenvalue weighted by Crippen LogP contribution is 2.26. The van der Waals surface area contributed by atoms with Gasteiger partial charge in [-0.25, -0.2) is 0 Å². The van der Waals surface area contributed by atoms with Gasteiger partial charge in [-0.2, -0.15) is 0 Å². The molecule has 4 heteroatoms. The second-order valence-corrected chi connectivity index (χ2v) is 4.05. The predicted molar refractivity (Wildman–Crippen MR) is 44.1 cm³/mol. The van der Waals surface area contributed by atoms with E-state index < -0.39 is 4.84 Å². The van der Waals surface area contributed by atoms with Crippen molar-refractivity contribution in [2.75, 3.05) is 6.61 Å². The fraction of sp³-hybridized carbons (Fsp3) is 1.00. The third kappa shape index (κ3) is 2.16. The van der Waals surface area contributed by atoms with Crippen molar-refractivity contribution in [3.8, 4) is 0 Å². The van der Waals surface area contributed by atoms with Crippen molar-refractivity contribution < 1.29 is 4.74 Å². The topological polar surface area (TPSA) is 9.23 Å². The summed E-state index contributed by atoms with van der Waals surface area (Å²) in [6.45, 7) is 0.726. The molecule has 0 spiro atoms. The van der Waals surface area contributed by atoms with Gasteiger partial charge in [0.2, 0.25) is 0 Å². The molecular weight excluding hydrogens is 194 g/mol. The number of hydrogen-bond donors (Lipinski definition) is 0. The van der Waals surface area contributed by atoms with Crippen molar-refractivity contribution in [1.29, 1.82) is 0 Å². The highest BCUT2D eigenvalue weighted by atomic mass is 35.5. The first-order chi connectivity index (χ1) is 4.72. The van der Waals surface area contributed by atoms with E-state index in [4.69, 9.17) is 39.5 Å². The van der Waals surface area contributed by atoms with E-state index in [0.717, 1.165) is 19.4 Å². The molecule has 60 valence electrons. The number of hydrogen-bond acceptors (Lipinski definition) is 1. The Morgan fingerprint density at radius 3 is 2.50 bits per heavy atom. The van der Waals surface area contributed by atoms with Crippen molar-refractivity contribution in [3.63, 3.8) is 0 Å².